The standard InChI is InChI=1S/C20H32FN5O2/c1-15(2)24-19(27)14-25-9-11-26(12-10-25)20(22-4)23-13-16(3)28-18-7-5-17(21)6-8-18/h5-8,15-16H,9-14H2,1-4H3,(H,22,23)(H,24,27). The third-order valence-corrected chi connectivity index (χ3v) is 4.40. The SMILES string of the molecule is CN=C(NCC(C)Oc1ccc(F)cc1)N1CCN(CC(=O)NC(C)C)CC1. The fraction of sp³-hybridized carbons (Fsp3) is 0.600. The molecule has 1 fully saturated rings. The van der Waals surface area contributed by atoms with Gasteiger partial charge in [0.25, 0.3) is 0 Å². The van der Waals surface area contributed by atoms with E-state index in [4.69, 9.17) is 4.74 Å². The number of carbonyl (C=O) groups is 1. The van der Waals surface area contributed by atoms with Crippen LogP contribution in [-0.2, 0) is 4.79 Å². The lowest BCUT2D eigenvalue weighted by molar-refractivity contribution is -0.123. The Kier molecular flexibility index (Phi) is 8.50. The molecule has 0 aliphatic carbocycles. The molecule has 156 valence electrons. The van der Waals surface area contributed by atoms with E-state index in [1.807, 2.05) is 20.8 Å². The first-order chi connectivity index (χ1) is 13.4. The van der Waals surface area contributed by atoms with Crippen LogP contribution in [0.2, 0.25) is 0 Å². The second-order valence-electron chi connectivity index (χ2n) is 7.30. The van der Waals surface area contributed by atoms with E-state index in [9.17, 15) is 9.18 Å². The zero-order valence-corrected chi connectivity index (χ0v) is 17.2. The Morgan fingerprint density at radius 1 is 1.18 bits per heavy atom. The lowest BCUT2D eigenvalue weighted by Gasteiger charge is -2.36. The molecular weight excluding hydrogens is 361 g/mol. The normalized spacial score (nSPS) is 16.8. The minimum Gasteiger partial charge on any atom is -0.489 e. The highest BCUT2D eigenvalue weighted by molar-refractivity contribution is 5.80. The first kappa shape index (κ1) is 21.9. The third kappa shape index (κ3) is 7.34. The van der Waals surface area contributed by atoms with E-state index >= 15 is 0 Å². The smallest absolute Gasteiger partial charge is 0.234 e. The Labute approximate surface area is 166 Å². The molecule has 2 rings (SSSR count). The number of ether oxygens (including phenoxy) is 1. The van der Waals surface area contributed by atoms with Crippen molar-refractivity contribution in [2.75, 3.05) is 46.3 Å². The van der Waals surface area contributed by atoms with Crippen LogP contribution in [0.25, 0.3) is 0 Å². The molecule has 1 heterocycles. The summed E-state index contributed by atoms with van der Waals surface area (Å²) < 4.78 is 18.8. The van der Waals surface area contributed by atoms with Gasteiger partial charge in [0.05, 0.1) is 13.1 Å². The number of halogens is 1. The summed E-state index contributed by atoms with van der Waals surface area (Å²) in [5.41, 5.74) is 0. The number of aliphatic imine (C=N–C) groups is 1. The fourth-order valence-electron chi connectivity index (χ4n) is 3.04. The van der Waals surface area contributed by atoms with E-state index in [2.05, 4.69) is 25.4 Å². The van der Waals surface area contributed by atoms with Gasteiger partial charge in [-0.25, -0.2) is 4.39 Å². The quantitative estimate of drug-likeness (QED) is 0.540. The highest BCUT2D eigenvalue weighted by atomic mass is 19.1. The van der Waals surface area contributed by atoms with Crippen molar-refractivity contribution in [1.82, 2.24) is 20.4 Å². The minimum atomic E-state index is -0.278. The predicted molar refractivity (Wildman–Crippen MR) is 109 cm³/mol. The summed E-state index contributed by atoms with van der Waals surface area (Å²) >= 11 is 0. The summed E-state index contributed by atoms with van der Waals surface area (Å²) in [5, 5.41) is 6.26. The van der Waals surface area contributed by atoms with Gasteiger partial charge in [0.1, 0.15) is 17.7 Å². The molecule has 1 atom stereocenters. The summed E-state index contributed by atoms with van der Waals surface area (Å²) in [6.07, 6.45) is -0.0942. The molecule has 0 bridgehead atoms. The van der Waals surface area contributed by atoms with Crippen LogP contribution in [-0.4, -0.2) is 80.1 Å². The van der Waals surface area contributed by atoms with Crippen molar-refractivity contribution in [3.8, 4) is 5.75 Å². The number of hydrogen-bond acceptors (Lipinski definition) is 4. The molecule has 0 spiro atoms. The summed E-state index contributed by atoms with van der Waals surface area (Å²) in [4.78, 5) is 20.6. The molecule has 8 heteroatoms. The number of piperazine rings is 1. The number of rotatable bonds is 7. The van der Waals surface area contributed by atoms with Crippen LogP contribution in [0.15, 0.2) is 29.3 Å². The number of carbonyl (C=O) groups excluding carboxylic acids is 1. The Balaban J connectivity index is 1.73. The highest BCUT2D eigenvalue weighted by Gasteiger charge is 2.21. The van der Waals surface area contributed by atoms with Crippen LogP contribution in [0, 0.1) is 5.82 Å². The van der Waals surface area contributed by atoms with E-state index in [1.54, 1.807) is 19.2 Å². The Morgan fingerprint density at radius 2 is 1.82 bits per heavy atom. The lowest BCUT2D eigenvalue weighted by Crippen LogP contribution is -2.55. The van der Waals surface area contributed by atoms with Gasteiger partial charge in [-0.1, -0.05) is 0 Å². The second kappa shape index (κ2) is 10.8. The first-order valence-corrected chi connectivity index (χ1v) is 9.77. The van der Waals surface area contributed by atoms with Crippen LogP contribution in [0.1, 0.15) is 20.8 Å². The molecule has 0 saturated carbocycles. The largest absolute Gasteiger partial charge is 0.489 e. The van der Waals surface area contributed by atoms with Crippen molar-refractivity contribution in [2.24, 2.45) is 4.99 Å². The van der Waals surface area contributed by atoms with Crippen molar-refractivity contribution in [3.63, 3.8) is 0 Å². The zero-order chi connectivity index (χ0) is 20.5. The van der Waals surface area contributed by atoms with Crippen LogP contribution in [0.4, 0.5) is 4.39 Å². The Bertz CT molecular complexity index is 643. The lowest BCUT2D eigenvalue weighted by atomic mass is 10.3. The van der Waals surface area contributed by atoms with Crippen molar-refractivity contribution in [1.29, 1.82) is 0 Å². The van der Waals surface area contributed by atoms with Crippen LogP contribution < -0.4 is 15.4 Å². The van der Waals surface area contributed by atoms with E-state index in [0.29, 0.717) is 18.8 Å². The van der Waals surface area contributed by atoms with Crippen molar-refractivity contribution < 1.29 is 13.9 Å². The summed E-state index contributed by atoms with van der Waals surface area (Å²) in [5.74, 6) is 1.25. The molecule has 1 aromatic carbocycles. The average Bonchev–Trinajstić information content (AvgIpc) is 2.64. The number of nitrogens with zero attached hydrogens (tertiary/aromatic N) is 3. The van der Waals surface area contributed by atoms with Crippen molar-refractivity contribution in [2.45, 2.75) is 32.9 Å². The van der Waals surface area contributed by atoms with Gasteiger partial charge in [-0.15, -0.1) is 0 Å². The molecule has 7 nitrogen and oxygen atoms in total. The maximum absolute atomic E-state index is 13.0. The van der Waals surface area contributed by atoms with Crippen molar-refractivity contribution in [3.05, 3.63) is 30.1 Å². The van der Waals surface area contributed by atoms with Gasteiger partial charge in [0.15, 0.2) is 5.96 Å². The van der Waals surface area contributed by atoms with Gasteiger partial charge < -0.3 is 20.3 Å². The second-order valence-corrected chi connectivity index (χ2v) is 7.30. The number of hydrogen-bond donors (Lipinski definition) is 2. The Hall–Kier alpha value is -2.35. The maximum Gasteiger partial charge on any atom is 0.234 e. The summed E-state index contributed by atoms with van der Waals surface area (Å²) in [6.45, 7) is 10.1. The number of guanidine groups is 1. The van der Waals surface area contributed by atoms with Gasteiger partial charge in [-0.2, -0.15) is 0 Å². The van der Waals surface area contributed by atoms with Gasteiger partial charge in [0.2, 0.25) is 5.91 Å². The van der Waals surface area contributed by atoms with Crippen molar-refractivity contribution >= 4 is 11.9 Å². The van der Waals surface area contributed by atoms with Gasteiger partial charge in [-0.05, 0) is 45.0 Å². The van der Waals surface area contributed by atoms with E-state index in [1.165, 1.54) is 12.1 Å². The van der Waals surface area contributed by atoms with Crippen LogP contribution in [0.5, 0.6) is 5.75 Å². The monoisotopic (exact) mass is 393 g/mol. The van der Waals surface area contributed by atoms with Gasteiger partial charge in [0, 0.05) is 39.3 Å². The Morgan fingerprint density at radius 3 is 2.39 bits per heavy atom. The van der Waals surface area contributed by atoms with Crippen LogP contribution in [0.3, 0.4) is 0 Å². The highest BCUT2D eigenvalue weighted by Crippen LogP contribution is 2.12. The molecule has 1 aliphatic heterocycles. The fourth-order valence-corrected chi connectivity index (χ4v) is 3.04. The number of nitrogens with one attached hydrogen (secondary N) is 2. The van der Waals surface area contributed by atoms with Gasteiger partial charge >= 0.3 is 0 Å². The predicted octanol–water partition coefficient (Wildman–Crippen LogP) is 1.31. The topological polar surface area (TPSA) is 69.2 Å². The first-order valence-electron chi connectivity index (χ1n) is 9.77. The molecule has 1 saturated heterocycles. The third-order valence-electron chi connectivity index (χ3n) is 4.40. The average molecular weight is 394 g/mol. The summed E-state index contributed by atoms with van der Waals surface area (Å²) in [7, 11) is 1.76. The number of benzene rings is 1. The zero-order valence-electron chi connectivity index (χ0n) is 17.2. The molecule has 1 aromatic rings. The molecule has 1 aliphatic rings. The maximum atomic E-state index is 13.0. The molecular formula is C20H32FN5O2. The van der Waals surface area contributed by atoms with Gasteiger partial charge in [-0.3, -0.25) is 14.7 Å². The molecule has 1 unspecified atom stereocenters. The minimum absolute atomic E-state index is 0.0673. The summed E-state index contributed by atoms with van der Waals surface area (Å²) in [6, 6.07) is 6.17. The molecule has 0 aromatic heterocycles. The van der Waals surface area contributed by atoms with E-state index in [-0.39, 0.29) is 23.9 Å². The van der Waals surface area contributed by atoms with E-state index < -0.39 is 0 Å². The van der Waals surface area contributed by atoms with Crippen LogP contribution >= 0.6 is 0 Å². The molecule has 28 heavy (non-hydrogen) atoms. The molecule has 0 radical (unpaired) electrons. The van der Waals surface area contributed by atoms with E-state index in [0.717, 1.165) is 32.1 Å². The number of amides is 1. The molecule has 2 N–H and O–H groups in total. The molecule has 1 amide bonds.